The Balaban J connectivity index is 1.85. The van der Waals surface area contributed by atoms with Crippen LogP contribution in [0.15, 0.2) is 17.8 Å². The lowest BCUT2D eigenvalue weighted by atomic mass is 9.84. The third-order valence-electron chi connectivity index (χ3n) is 3.20. The molecule has 0 saturated heterocycles. The number of hydrogen-bond donors (Lipinski definition) is 1. The monoisotopic (exact) mass is 251 g/mol. The zero-order chi connectivity index (χ0) is 12.5. The SMILES string of the molecule is CC(C)(C)C(N)CCCc1cn2ccsc2n1. The van der Waals surface area contributed by atoms with E-state index in [1.807, 2.05) is 0 Å². The number of nitrogens with zero attached hydrogens (tertiary/aromatic N) is 2. The van der Waals surface area contributed by atoms with Crippen LogP contribution in [0, 0.1) is 5.41 Å². The number of rotatable bonds is 4. The van der Waals surface area contributed by atoms with E-state index in [0.29, 0.717) is 0 Å². The van der Waals surface area contributed by atoms with E-state index in [9.17, 15) is 0 Å². The first-order valence-electron chi connectivity index (χ1n) is 6.13. The van der Waals surface area contributed by atoms with Gasteiger partial charge in [0, 0.05) is 23.8 Å². The summed E-state index contributed by atoms with van der Waals surface area (Å²) in [7, 11) is 0. The molecule has 0 radical (unpaired) electrons. The lowest BCUT2D eigenvalue weighted by Crippen LogP contribution is -2.34. The molecule has 0 aromatic carbocycles. The van der Waals surface area contributed by atoms with Crippen LogP contribution in [-0.4, -0.2) is 15.4 Å². The molecule has 2 heterocycles. The van der Waals surface area contributed by atoms with E-state index < -0.39 is 0 Å². The summed E-state index contributed by atoms with van der Waals surface area (Å²) >= 11 is 1.68. The van der Waals surface area contributed by atoms with Crippen molar-refractivity contribution in [3.63, 3.8) is 0 Å². The van der Waals surface area contributed by atoms with Crippen molar-refractivity contribution >= 4 is 16.3 Å². The number of nitrogens with two attached hydrogens (primary N) is 1. The molecule has 4 heteroatoms. The smallest absolute Gasteiger partial charge is 0.193 e. The summed E-state index contributed by atoms with van der Waals surface area (Å²) in [6.45, 7) is 6.60. The molecular weight excluding hydrogens is 230 g/mol. The summed E-state index contributed by atoms with van der Waals surface area (Å²) in [5, 5.41) is 2.06. The van der Waals surface area contributed by atoms with Crippen LogP contribution in [0.1, 0.15) is 39.3 Å². The van der Waals surface area contributed by atoms with Gasteiger partial charge in [0.15, 0.2) is 4.96 Å². The molecule has 0 aliphatic rings. The molecule has 2 aromatic rings. The Morgan fingerprint density at radius 1 is 1.47 bits per heavy atom. The number of aryl methyl sites for hydroxylation is 1. The Labute approximate surface area is 107 Å². The third kappa shape index (κ3) is 3.07. The van der Waals surface area contributed by atoms with Gasteiger partial charge in [0.1, 0.15) is 0 Å². The molecule has 94 valence electrons. The van der Waals surface area contributed by atoms with E-state index in [1.54, 1.807) is 11.3 Å². The van der Waals surface area contributed by atoms with Gasteiger partial charge in [-0.1, -0.05) is 20.8 Å². The number of hydrogen-bond acceptors (Lipinski definition) is 3. The maximum atomic E-state index is 6.15. The van der Waals surface area contributed by atoms with Crippen LogP contribution in [0.4, 0.5) is 0 Å². The highest BCUT2D eigenvalue weighted by atomic mass is 32.1. The quantitative estimate of drug-likeness (QED) is 0.907. The van der Waals surface area contributed by atoms with E-state index in [2.05, 4.69) is 47.9 Å². The predicted octanol–water partition coefficient (Wildman–Crippen LogP) is 3.09. The minimum absolute atomic E-state index is 0.203. The first kappa shape index (κ1) is 12.6. The Hall–Kier alpha value is -0.870. The van der Waals surface area contributed by atoms with Gasteiger partial charge in [-0.15, -0.1) is 11.3 Å². The second-order valence-corrected chi connectivity index (χ2v) is 6.56. The molecule has 1 unspecified atom stereocenters. The number of thiazole rings is 1. The average molecular weight is 251 g/mol. The van der Waals surface area contributed by atoms with Gasteiger partial charge in [0.2, 0.25) is 0 Å². The van der Waals surface area contributed by atoms with Gasteiger partial charge in [-0.25, -0.2) is 4.98 Å². The maximum Gasteiger partial charge on any atom is 0.193 e. The van der Waals surface area contributed by atoms with Crippen LogP contribution in [0.5, 0.6) is 0 Å². The number of imidazole rings is 1. The fourth-order valence-electron chi connectivity index (χ4n) is 1.83. The van der Waals surface area contributed by atoms with Gasteiger partial charge in [0.25, 0.3) is 0 Å². The summed E-state index contributed by atoms with van der Waals surface area (Å²) in [5.41, 5.74) is 7.53. The van der Waals surface area contributed by atoms with Gasteiger partial charge in [0.05, 0.1) is 5.69 Å². The molecule has 0 aliphatic carbocycles. The Morgan fingerprint density at radius 3 is 2.88 bits per heavy atom. The average Bonchev–Trinajstić information content (AvgIpc) is 2.75. The van der Waals surface area contributed by atoms with Crippen LogP contribution in [0.25, 0.3) is 4.96 Å². The molecule has 0 amide bonds. The summed E-state index contributed by atoms with van der Waals surface area (Å²) in [5.74, 6) is 0. The van der Waals surface area contributed by atoms with Crippen molar-refractivity contribution in [1.29, 1.82) is 0 Å². The molecule has 0 aliphatic heterocycles. The zero-order valence-corrected chi connectivity index (χ0v) is 11.6. The Kier molecular flexibility index (Phi) is 3.54. The van der Waals surface area contributed by atoms with Gasteiger partial charge in [-0.2, -0.15) is 0 Å². The fourth-order valence-corrected chi connectivity index (χ4v) is 2.55. The minimum atomic E-state index is 0.203. The molecule has 2 rings (SSSR count). The molecule has 3 nitrogen and oxygen atoms in total. The van der Waals surface area contributed by atoms with Crippen LogP contribution in [0.2, 0.25) is 0 Å². The molecule has 0 spiro atoms. The summed E-state index contributed by atoms with van der Waals surface area (Å²) in [6.07, 6.45) is 7.38. The second-order valence-electron chi connectivity index (χ2n) is 5.69. The number of aromatic nitrogens is 2. The third-order valence-corrected chi connectivity index (χ3v) is 3.97. The van der Waals surface area contributed by atoms with Gasteiger partial charge in [-0.3, -0.25) is 4.40 Å². The molecule has 17 heavy (non-hydrogen) atoms. The van der Waals surface area contributed by atoms with Crippen LogP contribution in [0.3, 0.4) is 0 Å². The van der Waals surface area contributed by atoms with Crippen molar-refractivity contribution in [3.8, 4) is 0 Å². The van der Waals surface area contributed by atoms with E-state index in [0.717, 1.165) is 24.2 Å². The first-order valence-corrected chi connectivity index (χ1v) is 7.01. The summed E-state index contributed by atoms with van der Waals surface area (Å²) < 4.78 is 2.09. The van der Waals surface area contributed by atoms with Gasteiger partial charge >= 0.3 is 0 Å². The van der Waals surface area contributed by atoms with Crippen molar-refractivity contribution in [2.24, 2.45) is 11.1 Å². The van der Waals surface area contributed by atoms with E-state index in [-0.39, 0.29) is 11.5 Å². The lowest BCUT2D eigenvalue weighted by molar-refractivity contribution is 0.301. The summed E-state index contributed by atoms with van der Waals surface area (Å²) in [6, 6.07) is 0.270. The van der Waals surface area contributed by atoms with Crippen molar-refractivity contribution in [2.45, 2.75) is 46.1 Å². The zero-order valence-electron chi connectivity index (χ0n) is 10.8. The van der Waals surface area contributed by atoms with Crippen molar-refractivity contribution in [3.05, 3.63) is 23.5 Å². The molecule has 0 bridgehead atoms. The lowest BCUT2D eigenvalue weighted by Gasteiger charge is -2.26. The predicted molar refractivity (Wildman–Crippen MR) is 73.4 cm³/mol. The Bertz CT molecular complexity index is 450. The van der Waals surface area contributed by atoms with Crippen molar-refractivity contribution in [2.75, 3.05) is 0 Å². The topological polar surface area (TPSA) is 43.3 Å². The van der Waals surface area contributed by atoms with Crippen molar-refractivity contribution in [1.82, 2.24) is 9.38 Å². The largest absolute Gasteiger partial charge is 0.327 e. The van der Waals surface area contributed by atoms with Crippen molar-refractivity contribution < 1.29 is 0 Å². The van der Waals surface area contributed by atoms with E-state index in [1.165, 1.54) is 5.69 Å². The second kappa shape index (κ2) is 4.78. The molecule has 0 fully saturated rings. The summed E-state index contributed by atoms with van der Waals surface area (Å²) in [4.78, 5) is 5.66. The highest BCUT2D eigenvalue weighted by Gasteiger charge is 2.19. The van der Waals surface area contributed by atoms with Gasteiger partial charge in [-0.05, 0) is 24.7 Å². The number of fused-ring (bicyclic) bond motifs is 1. The molecular formula is C13H21N3S. The maximum absolute atomic E-state index is 6.15. The highest BCUT2D eigenvalue weighted by Crippen LogP contribution is 2.21. The fraction of sp³-hybridized carbons (Fsp3) is 0.615. The van der Waals surface area contributed by atoms with Crippen LogP contribution < -0.4 is 5.73 Å². The highest BCUT2D eigenvalue weighted by molar-refractivity contribution is 7.15. The van der Waals surface area contributed by atoms with Crippen LogP contribution in [-0.2, 0) is 6.42 Å². The molecule has 1 atom stereocenters. The molecule has 2 aromatic heterocycles. The first-order chi connectivity index (χ1) is 7.97. The normalized spacial score (nSPS) is 14.4. The van der Waals surface area contributed by atoms with E-state index in [4.69, 9.17) is 5.73 Å². The van der Waals surface area contributed by atoms with Crippen LogP contribution >= 0.6 is 11.3 Å². The molecule has 0 saturated carbocycles. The standard InChI is InChI=1S/C13H21N3S/c1-13(2,3)11(14)6-4-5-10-9-16-7-8-17-12(16)15-10/h7-9,11H,4-6,14H2,1-3H3. The van der Waals surface area contributed by atoms with E-state index >= 15 is 0 Å². The Morgan fingerprint density at radius 2 is 2.24 bits per heavy atom. The molecule has 2 N–H and O–H groups in total. The minimum Gasteiger partial charge on any atom is -0.327 e. The van der Waals surface area contributed by atoms with Gasteiger partial charge < -0.3 is 5.73 Å².